The molecule has 18 heavy (non-hydrogen) atoms. The number of piperidine rings is 1. The zero-order chi connectivity index (χ0) is 12.7. The van der Waals surface area contributed by atoms with Crippen LogP contribution in [0.4, 0.5) is 0 Å². The average molecular weight is 312 g/mol. The van der Waals surface area contributed by atoms with Gasteiger partial charge in [-0.3, -0.25) is 4.79 Å². The molecule has 3 nitrogen and oxygen atoms in total. The van der Waals surface area contributed by atoms with Crippen LogP contribution in [0, 0.1) is 0 Å². The van der Waals surface area contributed by atoms with Gasteiger partial charge in [-0.1, -0.05) is 22.9 Å². The molecule has 4 heteroatoms. The van der Waals surface area contributed by atoms with Crippen molar-refractivity contribution in [2.45, 2.75) is 55.9 Å². The third-order valence-corrected chi connectivity index (χ3v) is 4.88. The van der Waals surface area contributed by atoms with Gasteiger partial charge in [-0.05, 0) is 37.8 Å². The molecule has 0 N–H and O–H groups in total. The summed E-state index contributed by atoms with van der Waals surface area (Å²) in [6.45, 7) is 2.03. The highest BCUT2D eigenvalue weighted by Crippen LogP contribution is 2.39. The molecule has 2 bridgehead atoms. The van der Waals surface area contributed by atoms with E-state index in [-0.39, 0.29) is 5.91 Å². The minimum absolute atomic E-state index is 0.0848. The molecule has 2 unspecified atom stereocenters. The van der Waals surface area contributed by atoms with E-state index in [1.165, 1.54) is 0 Å². The van der Waals surface area contributed by atoms with Gasteiger partial charge in [-0.2, -0.15) is 0 Å². The molecular formula is C14H18BrNO2. The van der Waals surface area contributed by atoms with Crippen LogP contribution in [0.3, 0.4) is 0 Å². The predicted molar refractivity (Wildman–Crippen MR) is 73.0 cm³/mol. The van der Waals surface area contributed by atoms with Gasteiger partial charge in [0, 0.05) is 23.3 Å². The molecule has 0 aromatic carbocycles. The van der Waals surface area contributed by atoms with Crippen molar-refractivity contribution in [2.75, 3.05) is 0 Å². The van der Waals surface area contributed by atoms with Gasteiger partial charge in [-0.15, -0.1) is 0 Å². The minimum Gasteiger partial charge on any atom is -0.456 e. The maximum absolute atomic E-state index is 12.5. The number of amides is 1. The number of alkyl halides is 1. The van der Waals surface area contributed by atoms with Crippen molar-refractivity contribution >= 4 is 21.8 Å². The first-order valence-corrected chi connectivity index (χ1v) is 7.66. The van der Waals surface area contributed by atoms with Gasteiger partial charge in [0.15, 0.2) is 5.76 Å². The van der Waals surface area contributed by atoms with Crippen LogP contribution in [0.1, 0.15) is 48.9 Å². The molecule has 2 aliphatic heterocycles. The number of aryl methyl sites for hydroxylation is 1. The van der Waals surface area contributed by atoms with E-state index in [1.54, 1.807) is 0 Å². The summed E-state index contributed by atoms with van der Waals surface area (Å²) in [6, 6.07) is 4.53. The largest absolute Gasteiger partial charge is 0.456 e. The summed E-state index contributed by atoms with van der Waals surface area (Å²) in [4.78, 5) is 15.2. The van der Waals surface area contributed by atoms with E-state index < -0.39 is 0 Å². The molecular weight excluding hydrogens is 294 g/mol. The molecule has 2 aliphatic rings. The summed E-state index contributed by atoms with van der Waals surface area (Å²) in [5.41, 5.74) is 0. The Labute approximate surface area is 116 Å². The van der Waals surface area contributed by atoms with Gasteiger partial charge in [0.25, 0.3) is 5.91 Å². The van der Waals surface area contributed by atoms with Crippen LogP contribution in [0.2, 0.25) is 0 Å². The van der Waals surface area contributed by atoms with E-state index >= 15 is 0 Å². The fraction of sp³-hybridized carbons (Fsp3) is 0.643. The predicted octanol–water partition coefficient (Wildman–Crippen LogP) is 3.37. The summed E-state index contributed by atoms with van der Waals surface area (Å²) in [5, 5.41) is 0. The lowest BCUT2D eigenvalue weighted by Crippen LogP contribution is -2.46. The molecule has 1 aromatic rings. The van der Waals surface area contributed by atoms with Crippen molar-refractivity contribution < 1.29 is 9.21 Å². The second-order valence-electron chi connectivity index (χ2n) is 5.29. The van der Waals surface area contributed by atoms with E-state index in [0.717, 1.165) is 37.9 Å². The smallest absolute Gasteiger partial charge is 0.290 e. The van der Waals surface area contributed by atoms with Crippen molar-refractivity contribution in [3.05, 3.63) is 23.7 Å². The van der Waals surface area contributed by atoms with Crippen LogP contribution in [0.15, 0.2) is 16.5 Å². The van der Waals surface area contributed by atoms with E-state index in [9.17, 15) is 4.79 Å². The molecule has 1 aromatic heterocycles. The topological polar surface area (TPSA) is 33.5 Å². The van der Waals surface area contributed by atoms with E-state index in [0.29, 0.717) is 22.7 Å². The molecule has 0 spiro atoms. The number of carbonyl (C=O) groups is 1. The number of fused-ring (bicyclic) bond motifs is 2. The molecule has 3 heterocycles. The summed E-state index contributed by atoms with van der Waals surface area (Å²) in [5.74, 6) is 1.49. The molecule has 3 rings (SSSR count). The summed E-state index contributed by atoms with van der Waals surface area (Å²) in [7, 11) is 0. The fourth-order valence-corrected chi connectivity index (χ4v) is 4.12. The van der Waals surface area contributed by atoms with Crippen molar-refractivity contribution in [1.82, 2.24) is 4.90 Å². The highest BCUT2D eigenvalue weighted by molar-refractivity contribution is 9.09. The summed E-state index contributed by atoms with van der Waals surface area (Å²) in [6.07, 6.45) is 5.26. The number of hydrogen-bond acceptors (Lipinski definition) is 2. The van der Waals surface area contributed by atoms with Gasteiger partial charge in [0.05, 0.1) is 0 Å². The third-order valence-electron chi connectivity index (χ3n) is 4.13. The molecule has 0 radical (unpaired) electrons. The number of halogens is 1. The quantitative estimate of drug-likeness (QED) is 0.785. The Balaban J connectivity index is 1.81. The highest BCUT2D eigenvalue weighted by Gasteiger charge is 2.43. The molecule has 2 saturated heterocycles. The minimum atomic E-state index is 0.0848. The van der Waals surface area contributed by atoms with Crippen LogP contribution < -0.4 is 0 Å². The van der Waals surface area contributed by atoms with Crippen molar-refractivity contribution in [3.63, 3.8) is 0 Å². The lowest BCUT2D eigenvalue weighted by molar-refractivity contribution is 0.0569. The van der Waals surface area contributed by atoms with Gasteiger partial charge in [0.2, 0.25) is 0 Å². The highest BCUT2D eigenvalue weighted by atomic mass is 79.9. The van der Waals surface area contributed by atoms with E-state index in [1.807, 2.05) is 19.1 Å². The Bertz CT molecular complexity index is 442. The first kappa shape index (κ1) is 12.3. The van der Waals surface area contributed by atoms with Gasteiger partial charge in [0.1, 0.15) is 5.76 Å². The van der Waals surface area contributed by atoms with Crippen molar-refractivity contribution in [1.29, 1.82) is 0 Å². The Morgan fingerprint density at radius 3 is 2.61 bits per heavy atom. The summed E-state index contributed by atoms with van der Waals surface area (Å²) < 4.78 is 5.60. The van der Waals surface area contributed by atoms with Crippen LogP contribution >= 0.6 is 15.9 Å². The van der Waals surface area contributed by atoms with Crippen LogP contribution in [-0.2, 0) is 6.42 Å². The molecule has 1 amide bonds. The second-order valence-corrected chi connectivity index (χ2v) is 6.58. The number of nitrogens with zero attached hydrogens (tertiary/aromatic N) is 1. The zero-order valence-corrected chi connectivity index (χ0v) is 12.1. The Morgan fingerprint density at radius 2 is 2.06 bits per heavy atom. The third kappa shape index (κ3) is 2.00. The standard InChI is InChI=1S/C14H18BrNO2/c1-2-12-5-6-13(18-12)14(17)16-10-3-4-11(16)8-9(15)7-10/h5-6,9-11H,2-4,7-8H2,1H3. The summed E-state index contributed by atoms with van der Waals surface area (Å²) >= 11 is 3.70. The number of furan rings is 1. The van der Waals surface area contributed by atoms with E-state index in [4.69, 9.17) is 4.42 Å². The maximum Gasteiger partial charge on any atom is 0.290 e. The first-order valence-electron chi connectivity index (χ1n) is 6.74. The lowest BCUT2D eigenvalue weighted by Gasteiger charge is -2.36. The van der Waals surface area contributed by atoms with E-state index in [2.05, 4.69) is 20.8 Å². The fourth-order valence-electron chi connectivity index (χ4n) is 3.25. The Kier molecular flexibility index (Phi) is 3.22. The SMILES string of the molecule is CCc1ccc(C(=O)N2C3CCC2CC(Br)C3)o1. The normalized spacial score (nSPS) is 30.8. The number of hydrogen-bond donors (Lipinski definition) is 0. The van der Waals surface area contributed by atoms with Gasteiger partial charge < -0.3 is 9.32 Å². The second kappa shape index (κ2) is 4.72. The van der Waals surface area contributed by atoms with Crippen molar-refractivity contribution in [3.8, 4) is 0 Å². The molecule has 0 saturated carbocycles. The van der Waals surface area contributed by atoms with Crippen LogP contribution in [0.25, 0.3) is 0 Å². The molecule has 2 fully saturated rings. The number of carbonyl (C=O) groups excluding carboxylic acids is 1. The Hall–Kier alpha value is -0.770. The monoisotopic (exact) mass is 311 g/mol. The first-order chi connectivity index (χ1) is 8.69. The maximum atomic E-state index is 12.5. The van der Waals surface area contributed by atoms with Gasteiger partial charge in [-0.25, -0.2) is 0 Å². The molecule has 2 atom stereocenters. The van der Waals surface area contributed by atoms with Crippen LogP contribution in [-0.4, -0.2) is 27.7 Å². The molecule has 98 valence electrons. The van der Waals surface area contributed by atoms with Crippen LogP contribution in [0.5, 0.6) is 0 Å². The van der Waals surface area contributed by atoms with Gasteiger partial charge >= 0.3 is 0 Å². The lowest BCUT2D eigenvalue weighted by atomic mass is 10.0. The average Bonchev–Trinajstić information content (AvgIpc) is 2.92. The molecule has 0 aliphatic carbocycles. The number of rotatable bonds is 2. The van der Waals surface area contributed by atoms with Crippen molar-refractivity contribution in [2.24, 2.45) is 0 Å². The zero-order valence-electron chi connectivity index (χ0n) is 10.6. The Morgan fingerprint density at radius 1 is 1.39 bits per heavy atom.